The van der Waals surface area contributed by atoms with E-state index in [1.165, 1.54) is 0 Å². The molecule has 0 spiro atoms. The van der Waals surface area contributed by atoms with Crippen molar-refractivity contribution in [2.24, 2.45) is 0 Å². The molecule has 0 aliphatic heterocycles. The van der Waals surface area contributed by atoms with Gasteiger partial charge in [-0.15, -0.1) is 0 Å². The maximum atomic E-state index is 0. The van der Waals surface area contributed by atoms with Crippen molar-refractivity contribution in [2.45, 2.75) is 0 Å². The monoisotopic (exact) mass is 262 g/mol. The SMILES string of the molecule is [O-2].[O-2].[Pr+3].[Y+3]. The molecule has 0 atom stereocenters. The average molecular weight is 262 g/mol. The van der Waals surface area contributed by atoms with Crippen molar-refractivity contribution in [3.8, 4) is 0 Å². The Bertz CT molecular complexity index is 6.00. The van der Waals surface area contributed by atoms with Crippen molar-refractivity contribution in [1.29, 1.82) is 0 Å². The molecule has 4 heavy (non-hydrogen) atoms. The Labute approximate surface area is 83.2 Å². The van der Waals surface area contributed by atoms with E-state index in [9.17, 15) is 0 Å². The molecule has 0 fully saturated rings. The molecule has 0 aliphatic carbocycles. The Kier molecular flexibility index (Phi) is 148. The molecule has 4 heteroatoms. The van der Waals surface area contributed by atoms with Gasteiger partial charge in [0.15, 0.2) is 0 Å². The van der Waals surface area contributed by atoms with Crippen LogP contribution in [-0.2, 0) is 43.7 Å². The van der Waals surface area contributed by atoms with Crippen molar-refractivity contribution in [3.05, 3.63) is 0 Å². The van der Waals surface area contributed by atoms with E-state index in [1.54, 1.807) is 0 Å². The summed E-state index contributed by atoms with van der Waals surface area (Å²) in [6, 6.07) is 0. The minimum Gasteiger partial charge on any atom is -2.00 e. The first-order valence-corrected chi connectivity index (χ1v) is 0. The molecule has 0 unspecified atom stereocenters. The Morgan fingerprint density at radius 2 is 0.750 bits per heavy atom. The van der Waals surface area contributed by atoms with Crippen LogP contribution in [-0.4, -0.2) is 0 Å². The summed E-state index contributed by atoms with van der Waals surface area (Å²) in [6.07, 6.45) is 0. The summed E-state index contributed by atoms with van der Waals surface area (Å²) in [7, 11) is 0. The van der Waals surface area contributed by atoms with Crippen LogP contribution in [0.2, 0.25) is 0 Å². The van der Waals surface area contributed by atoms with E-state index >= 15 is 0 Å². The Morgan fingerprint density at radius 1 is 0.750 bits per heavy atom. The van der Waals surface area contributed by atoms with Crippen LogP contribution in [0.15, 0.2) is 0 Å². The molecule has 0 saturated heterocycles. The fourth-order valence-electron chi connectivity index (χ4n) is 0. The zero-order valence-corrected chi connectivity index (χ0v) is 8.51. The van der Waals surface area contributed by atoms with Gasteiger partial charge < -0.3 is 11.0 Å². The van der Waals surface area contributed by atoms with E-state index in [1.807, 2.05) is 0 Å². The molecule has 0 aromatic heterocycles. The summed E-state index contributed by atoms with van der Waals surface area (Å²) in [5.74, 6) is 0. The topological polar surface area (TPSA) is 57.0 Å². The van der Waals surface area contributed by atoms with Crippen LogP contribution in [0, 0.1) is 41.3 Å². The minimum atomic E-state index is 0. The third-order valence-electron chi connectivity index (χ3n) is 0. The van der Waals surface area contributed by atoms with Crippen molar-refractivity contribution in [3.63, 3.8) is 0 Å². The van der Waals surface area contributed by atoms with Crippen LogP contribution in [0.5, 0.6) is 0 Å². The van der Waals surface area contributed by atoms with E-state index in [4.69, 9.17) is 0 Å². The summed E-state index contributed by atoms with van der Waals surface area (Å²) >= 11 is 0. The van der Waals surface area contributed by atoms with Crippen molar-refractivity contribution in [2.75, 3.05) is 0 Å². The van der Waals surface area contributed by atoms with E-state index in [-0.39, 0.29) is 85.0 Å². The van der Waals surface area contributed by atoms with Gasteiger partial charge in [-0.2, -0.15) is 0 Å². The number of rotatable bonds is 0. The normalized spacial score (nSPS) is 0. The molecule has 2 nitrogen and oxygen atoms in total. The molecule has 0 N–H and O–H groups in total. The quantitative estimate of drug-likeness (QED) is 0.578. The van der Waals surface area contributed by atoms with Gasteiger partial charge in [0.2, 0.25) is 0 Å². The first kappa shape index (κ1) is 32.5. The summed E-state index contributed by atoms with van der Waals surface area (Å²) in [6.45, 7) is 0. The molecule has 0 saturated carbocycles. The smallest absolute Gasteiger partial charge is 2.00 e. The molecule has 0 rings (SSSR count). The summed E-state index contributed by atoms with van der Waals surface area (Å²) < 4.78 is 0. The predicted molar refractivity (Wildman–Crippen MR) is 1.37 cm³/mol. The van der Waals surface area contributed by atoms with E-state index in [0.29, 0.717) is 0 Å². The third kappa shape index (κ3) is 8.83. The fraction of sp³-hybridized carbons (Fsp3) is 0. The second kappa shape index (κ2) is 18.2. The van der Waals surface area contributed by atoms with Gasteiger partial charge >= 0.3 is 74.0 Å². The van der Waals surface area contributed by atoms with Crippen LogP contribution in [0.25, 0.3) is 0 Å². The molecule has 0 bridgehead atoms. The van der Waals surface area contributed by atoms with Gasteiger partial charge in [0.1, 0.15) is 0 Å². The summed E-state index contributed by atoms with van der Waals surface area (Å²) in [5.41, 5.74) is 0. The van der Waals surface area contributed by atoms with Crippen LogP contribution in [0.1, 0.15) is 0 Å². The summed E-state index contributed by atoms with van der Waals surface area (Å²) in [5, 5.41) is 0. The average Bonchev–Trinajstić information content (AvgIpc) is 0. The van der Waals surface area contributed by atoms with Gasteiger partial charge in [0, 0.05) is 0 Å². The van der Waals surface area contributed by atoms with Crippen LogP contribution < -0.4 is 0 Å². The van der Waals surface area contributed by atoms with Crippen LogP contribution in [0.4, 0.5) is 0 Å². The van der Waals surface area contributed by atoms with Gasteiger partial charge in [-0.05, 0) is 0 Å². The Hall–Kier alpha value is 2.39. The van der Waals surface area contributed by atoms with Gasteiger partial charge in [0.25, 0.3) is 0 Å². The molecule has 0 radical (unpaired) electrons. The second-order valence-electron chi connectivity index (χ2n) is 0. The fourth-order valence-corrected chi connectivity index (χ4v) is 0. The molecule has 0 aromatic carbocycles. The maximum absolute atomic E-state index is 0. The molecule has 0 aliphatic rings. The maximum Gasteiger partial charge on any atom is 3.00 e. The first-order valence-electron chi connectivity index (χ1n) is 0. The van der Waals surface area contributed by atoms with Gasteiger partial charge in [-0.1, -0.05) is 0 Å². The van der Waals surface area contributed by atoms with E-state index in [0.717, 1.165) is 0 Å². The number of hydrogen-bond acceptors (Lipinski definition) is 0. The molecule has 16 valence electrons. The largest absolute Gasteiger partial charge is 3.00 e. The molecule has 0 amide bonds. The second-order valence-corrected chi connectivity index (χ2v) is 0. The summed E-state index contributed by atoms with van der Waals surface area (Å²) in [4.78, 5) is 0. The minimum absolute atomic E-state index is 0. The Morgan fingerprint density at radius 3 is 0.750 bits per heavy atom. The first-order chi connectivity index (χ1) is 0. The number of hydrogen-bond donors (Lipinski definition) is 0. The van der Waals surface area contributed by atoms with Crippen molar-refractivity contribution >= 4 is 0 Å². The predicted octanol–water partition coefficient (Wildman–Crippen LogP) is -0.240. The third-order valence-corrected chi connectivity index (χ3v) is 0. The van der Waals surface area contributed by atoms with E-state index in [2.05, 4.69) is 0 Å². The van der Waals surface area contributed by atoms with Gasteiger partial charge in [-0.25, -0.2) is 0 Å². The molecule has 0 heterocycles. The molecular formula is O2PrY+2. The van der Waals surface area contributed by atoms with Crippen LogP contribution >= 0.6 is 0 Å². The van der Waals surface area contributed by atoms with Gasteiger partial charge in [0.05, 0.1) is 0 Å². The van der Waals surface area contributed by atoms with Gasteiger partial charge in [-0.3, -0.25) is 0 Å². The molecular weight excluding hydrogens is 262 g/mol. The van der Waals surface area contributed by atoms with Crippen molar-refractivity contribution in [1.82, 2.24) is 0 Å². The zero-order chi connectivity index (χ0) is 0. The molecule has 0 aromatic rings. The standard InChI is InChI=1S/2O.Pr.Y/q2*-2;2*+3. The zero-order valence-electron chi connectivity index (χ0n) is 1.97. The van der Waals surface area contributed by atoms with Crippen molar-refractivity contribution < 1.29 is 85.0 Å². The van der Waals surface area contributed by atoms with Crippen LogP contribution in [0.3, 0.4) is 0 Å². The Balaban J connectivity index is 0. The van der Waals surface area contributed by atoms with E-state index < -0.39 is 0 Å².